The summed E-state index contributed by atoms with van der Waals surface area (Å²) in [4.78, 5) is 10.2. The summed E-state index contributed by atoms with van der Waals surface area (Å²) in [6, 6.07) is 0. The molecule has 0 aromatic rings. The lowest BCUT2D eigenvalue weighted by molar-refractivity contribution is -0.129. The molecule has 0 aliphatic rings. The highest BCUT2D eigenvalue weighted by molar-refractivity contribution is 6.35. The largest absolute Gasteiger partial charge is 0.477 e. The van der Waals surface area contributed by atoms with E-state index in [2.05, 4.69) is 5.16 Å². The zero-order valence-corrected chi connectivity index (χ0v) is 6.58. The van der Waals surface area contributed by atoms with Crippen molar-refractivity contribution in [3.8, 4) is 0 Å². The molecule has 0 amide bonds. The van der Waals surface area contributed by atoms with Crippen molar-refractivity contribution in [3.63, 3.8) is 0 Å². The molecule has 11 heavy (non-hydrogen) atoms. The maximum absolute atomic E-state index is 10.2. The Bertz CT molecular complexity index is 154. The third kappa shape index (κ3) is 4.36. The van der Waals surface area contributed by atoms with Gasteiger partial charge in [0.15, 0.2) is 5.71 Å². The molecule has 0 bridgehead atoms. The molecule has 0 fully saturated rings. The quantitative estimate of drug-likeness (QED) is 0.276. The third-order valence-electron chi connectivity index (χ3n) is 1.38. The van der Waals surface area contributed by atoms with Crippen LogP contribution < -0.4 is 0 Å². The van der Waals surface area contributed by atoms with Gasteiger partial charge in [-0.15, -0.1) is 0 Å². The SMILES string of the molecule is CCCCC/C(=N/O)C(=O)O. The van der Waals surface area contributed by atoms with Gasteiger partial charge in [0.25, 0.3) is 0 Å². The Balaban J connectivity index is 3.63. The number of nitrogens with zero attached hydrogens (tertiary/aromatic N) is 1. The highest BCUT2D eigenvalue weighted by atomic mass is 16.4. The molecular formula is C7H13NO3. The summed E-state index contributed by atoms with van der Waals surface area (Å²) in [6.07, 6.45) is 3.10. The van der Waals surface area contributed by atoms with Crippen LogP contribution in [0.2, 0.25) is 0 Å². The Morgan fingerprint density at radius 1 is 1.45 bits per heavy atom. The predicted octanol–water partition coefficient (Wildman–Crippen LogP) is 1.48. The normalized spacial score (nSPS) is 11.5. The van der Waals surface area contributed by atoms with E-state index in [-0.39, 0.29) is 5.71 Å². The zero-order chi connectivity index (χ0) is 8.69. The lowest BCUT2D eigenvalue weighted by atomic mass is 10.1. The van der Waals surface area contributed by atoms with Crippen LogP contribution in [0.3, 0.4) is 0 Å². The van der Waals surface area contributed by atoms with Crippen LogP contribution in [0, 0.1) is 0 Å². The molecule has 2 N–H and O–H groups in total. The smallest absolute Gasteiger partial charge is 0.353 e. The van der Waals surface area contributed by atoms with Gasteiger partial charge in [0.2, 0.25) is 0 Å². The lowest BCUT2D eigenvalue weighted by Crippen LogP contribution is -2.12. The molecular weight excluding hydrogens is 146 g/mol. The monoisotopic (exact) mass is 159 g/mol. The Morgan fingerprint density at radius 2 is 2.09 bits per heavy atom. The number of carboxylic acid groups (broad SMARTS) is 1. The molecule has 0 atom stereocenters. The van der Waals surface area contributed by atoms with E-state index >= 15 is 0 Å². The maximum Gasteiger partial charge on any atom is 0.353 e. The second kappa shape index (κ2) is 5.70. The van der Waals surface area contributed by atoms with Gasteiger partial charge in [-0.2, -0.15) is 0 Å². The van der Waals surface area contributed by atoms with Crippen LogP contribution in [-0.4, -0.2) is 22.0 Å². The van der Waals surface area contributed by atoms with E-state index in [1.807, 2.05) is 6.92 Å². The minimum absolute atomic E-state index is 0.154. The molecule has 0 aliphatic heterocycles. The van der Waals surface area contributed by atoms with Gasteiger partial charge in [-0.05, 0) is 6.42 Å². The first kappa shape index (κ1) is 9.94. The fraction of sp³-hybridized carbons (Fsp3) is 0.714. The number of hydrogen-bond donors (Lipinski definition) is 2. The van der Waals surface area contributed by atoms with E-state index < -0.39 is 5.97 Å². The highest BCUT2D eigenvalue weighted by Gasteiger charge is 2.08. The van der Waals surface area contributed by atoms with Crippen molar-refractivity contribution in [1.29, 1.82) is 0 Å². The second-order valence-electron chi connectivity index (χ2n) is 2.31. The molecule has 0 saturated carbocycles. The number of oxime groups is 1. The van der Waals surface area contributed by atoms with Gasteiger partial charge in [-0.3, -0.25) is 0 Å². The molecule has 0 spiro atoms. The fourth-order valence-electron chi connectivity index (χ4n) is 0.742. The summed E-state index contributed by atoms with van der Waals surface area (Å²) in [6.45, 7) is 2.02. The Hall–Kier alpha value is -1.06. The second-order valence-corrected chi connectivity index (χ2v) is 2.31. The minimum Gasteiger partial charge on any atom is -0.477 e. The van der Waals surface area contributed by atoms with Crippen LogP contribution in [0.5, 0.6) is 0 Å². The van der Waals surface area contributed by atoms with Gasteiger partial charge in [-0.25, -0.2) is 4.79 Å². The number of hydrogen-bond acceptors (Lipinski definition) is 3. The van der Waals surface area contributed by atoms with Crippen LogP contribution in [0.25, 0.3) is 0 Å². The fourth-order valence-corrected chi connectivity index (χ4v) is 0.742. The van der Waals surface area contributed by atoms with E-state index in [9.17, 15) is 4.79 Å². The number of rotatable bonds is 5. The van der Waals surface area contributed by atoms with E-state index in [1.54, 1.807) is 0 Å². The van der Waals surface area contributed by atoms with Gasteiger partial charge >= 0.3 is 5.97 Å². The van der Waals surface area contributed by atoms with E-state index in [1.165, 1.54) is 0 Å². The van der Waals surface area contributed by atoms with Crippen LogP contribution in [-0.2, 0) is 4.79 Å². The van der Waals surface area contributed by atoms with E-state index in [0.717, 1.165) is 19.3 Å². The molecule has 0 aromatic heterocycles. The molecule has 0 saturated heterocycles. The van der Waals surface area contributed by atoms with Crippen molar-refractivity contribution in [2.24, 2.45) is 5.16 Å². The first-order chi connectivity index (χ1) is 5.22. The summed E-state index contributed by atoms with van der Waals surface area (Å²) in [5.74, 6) is -1.14. The van der Waals surface area contributed by atoms with Gasteiger partial charge < -0.3 is 10.3 Å². The van der Waals surface area contributed by atoms with Crippen molar-refractivity contribution in [2.75, 3.05) is 0 Å². The molecule has 0 aliphatic carbocycles. The lowest BCUT2D eigenvalue weighted by Gasteiger charge is -1.96. The van der Waals surface area contributed by atoms with E-state index in [0.29, 0.717) is 6.42 Å². The number of aliphatic carboxylic acids is 1. The molecule has 4 heteroatoms. The van der Waals surface area contributed by atoms with Crippen LogP contribution in [0.1, 0.15) is 32.6 Å². The van der Waals surface area contributed by atoms with Crippen molar-refractivity contribution in [1.82, 2.24) is 0 Å². The summed E-state index contributed by atoms with van der Waals surface area (Å²) < 4.78 is 0. The first-order valence-electron chi connectivity index (χ1n) is 3.66. The summed E-state index contributed by atoms with van der Waals surface area (Å²) >= 11 is 0. The van der Waals surface area contributed by atoms with Crippen LogP contribution in [0.15, 0.2) is 5.16 Å². The molecule has 0 rings (SSSR count). The molecule has 0 heterocycles. The molecule has 64 valence electrons. The van der Waals surface area contributed by atoms with Gasteiger partial charge in [-0.1, -0.05) is 24.9 Å². The average molecular weight is 159 g/mol. The van der Waals surface area contributed by atoms with Gasteiger partial charge in [0.1, 0.15) is 0 Å². The zero-order valence-electron chi connectivity index (χ0n) is 6.58. The van der Waals surface area contributed by atoms with Crippen molar-refractivity contribution >= 4 is 11.7 Å². The average Bonchev–Trinajstić information content (AvgIpc) is 1.97. The minimum atomic E-state index is -1.14. The van der Waals surface area contributed by atoms with Crippen molar-refractivity contribution < 1.29 is 15.1 Å². The predicted molar refractivity (Wildman–Crippen MR) is 41.0 cm³/mol. The molecule has 0 aromatic carbocycles. The number of carboxylic acids is 1. The number of unbranched alkanes of at least 4 members (excludes halogenated alkanes) is 2. The van der Waals surface area contributed by atoms with Gasteiger partial charge in [0.05, 0.1) is 0 Å². The molecule has 0 radical (unpaired) electrons. The number of carbonyl (C=O) groups is 1. The van der Waals surface area contributed by atoms with E-state index in [4.69, 9.17) is 10.3 Å². The first-order valence-corrected chi connectivity index (χ1v) is 3.66. The van der Waals surface area contributed by atoms with Gasteiger partial charge in [0, 0.05) is 6.42 Å². The third-order valence-corrected chi connectivity index (χ3v) is 1.38. The Kier molecular flexibility index (Phi) is 5.15. The Labute approximate surface area is 65.5 Å². The Morgan fingerprint density at radius 3 is 2.45 bits per heavy atom. The topological polar surface area (TPSA) is 69.9 Å². The molecule has 4 nitrogen and oxygen atoms in total. The van der Waals surface area contributed by atoms with Crippen LogP contribution in [0.4, 0.5) is 0 Å². The summed E-state index contributed by atoms with van der Waals surface area (Å²) in [5, 5.41) is 19.3. The highest BCUT2D eigenvalue weighted by Crippen LogP contribution is 2.00. The molecule has 0 unspecified atom stereocenters. The standard InChI is InChI=1S/C7H13NO3/c1-2-3-4-5-6(8-11)7(9)10/h11H,2-5H2,1H3,(H,9,10)/b8-6-. The van der Waals surface area contributed by atoms with Crippen LogP contribution >= 0.6 is 0 Å². The van der Waals surface area contributed by atoms with Crippen molar-refractivity contribution in [3.05, 3.63) is 0 Å². The maximum atomic E-state index is 10.2. The summed E-state index contributed by atoms with van der Waals surface area (Å²) in [5.41, 5.74) is -0.154. The summed E-state index contributed by atoms with van der Waals surface area (Å²) in [7, 11) is 0. The van der Waals surface area contributed by atoms with Crippen molar-refractivity contribution in [2.45, 2.75) is 32.6 Å².